The zero-order chi connectivity index (χ0) is 14.5. The topological polar surface area (TPSA) is 57.9 Å². The molecule has 0 aliphatic carbocycles. The average Bonchev–Trinajstić information content (AvgIpc) is 2.42. The number of rotatable bonds is 4. The van der Waals surface area contributed by atoms with Crippen molar-refractivity contribution < 1.29 is 4.74 Å². The first-order chi connectivity index (χ1) is 9.58. The summed E-state index contributed by atoms with van der Waals surface area (Å²) >= 11 is 0. The van der Waals surface area contributed by atoms with Gasteiger partial charge in [-0.05, 0) is 56.7 Å². The van der Waals surface area contributed by atoms with E-state index in [0.717, 1.165) is 17.0 Å². The maximum absolute atomic E-state index is 8.84. The summed E-state index contributed by atoms with van der Waals surface area (Å²) in [5, 5.41) is 12.0. The van der Waals surface area contributed by atoms with Crippen molar-refractivity contribution >= 4 is 11.5 Å². The van der Waals surface area contributed by atoms with E-state index in [9.17, 15) is 0 Å². The van der Waals surface area contributed by atoms with Crippen LogP contribution in [0.5, 0.6) is 5.75 Å². The van der Waals surface area contributed by atoms with E-state index in [2.05, 4.69) is 10.3 Å². The van der Waals surface area contributed by atoms with Crippen molar-refractivity contribution in [3.8, 4) is 11.8 Å². The quantitative estimate of drug-likeness (QED) is 0.915. The summed E-state index contributed by atoms with van der Waals surface area (Å²) in [6.45, 7) is 6.01. The van der Waals surface area contributed by atoms with Gasteiger partial charge in [-0.25, -0.2) is 4.98 Å². The van der Waals surface area contributed by atoms with Crippen molar-refractivity contribution in [1.29, 1.82) is 5.26 Å². The molecule has 1 N–H and O–H groups in total. The fraction of sp³-hybridized carbons (Fsp3) is 0.250. The Hall–Kier alpha value is -2.54. The highest BCUT2D eigenvalue weighted by atomic mass is 16.5. The molecule has 0 unspecified atom stereocenters. The summed E-state index contributed by atoms with van der Waals surface area (Å²) in [6, 6.07) is 13.2. The lowest BCUT2D eigenvalue weighted by molar-refractivity contribution is 0.241. The number of nitriles is 1. The van der Waals surface area contributed by atoms with Crippen LogP contribution in [0.3, 0.4) is 0 Å². The van der Waals surface area contributed by atoms with Crippen molar-refractivity contribution in [2.45, 2.75) is 26.9 Å². The van der Waals surface area contributed by atoms with E-state index >= 15 is 0 Å². The molecule has 102 valence electrons. The van der Waals surface area contributed by atoms with Crippen LogP contribution in [0.1, 0.15) is 25.1 Å². The third-order valence-electron chi connectivity index (χ3n) is 2.67. The zero-order valence-corrected chi connectivity index (χ0v) is 11.8. The first kappa shape index (κ1) is 13.9. The minimum atomic E-state index is 0.154. The molecule has 1 aromatic carbocycles. The number of hydrogen-bond acceptors (Lipinski definition) is 4. The van der Waals surface area contributed by atoms with Gasteiger partial charge in [0.15, 0.2) is 0 Å². The predicted octanol–water partition coefficient (Wildman–Crippen LogP) is 3.79. The Bertz CT molecular complexity index is 644. The van der Waals surface area contributed by atoms with Crippen molar-refractivity contribution in [3.63, 3.8) is 0 Å². The highest BCUT2D eigenvalue weighted by molar-refractivity contribution is 5.59. The molecule has 0 fully saturated rings. The van der Waals surface area contributed by atoms with E-state index in [0.29, 0.717) is 11.5 Å². The van der Waals surface area contributed by atoms with Crippen LogP contribution >= 0.6 is 0 Å². The van der Waals surface area contributed by atoms with Gasteiger partial charge in [0.2, 0.25) is 0 Å². The molecule has 0 spiro atoms. The van der Waals surface area contributed by atoms with E-state index in [1.54, 1.807) is 12.1 Å². The maximum Gasteiger partial charge on any atom is 0.142 e. The van der Waals surface area contributed by atoms with Crippen LogP contribution in [0.4, 0.5) is 11.5 Å². The smallest absolute Gasteiger partial charge is 0.142 e. The van der Waals surface area contributed by atoms with Crippen LogP contribution in [-0.4, -0.2) is 11.1 Å². The van der Waals surface area contributed by atoms with E-state index in [1.807, 2.05) is 51.1 Å². The van der Waals surface area contributed by atoms with Gasteiger partial charge in [-0.3, -0.25) is 0 Å². The highest BCUT2D eigenvalue weighted by Gasteiger charge is 2.04. The molecule has 0 saturated heterocycles. The standard InChI is InChI=1S/C16H17N3O/c1-11(2)20-15-8-7-13(9-12(15)3)18-16-6-4-5-14(10-17)19-16/h4-9,11H,1-3H3,(H,18,19). The van der Waals surface area contributed by atoms with Crippen LogP contribution < -0.4 is 10.1 Å². The molecule has 0 radical (unpaired) electrons. The maximum atomic E-state index is 8.84. The molecule has 1 aromatic heterocycles. The molecule has 2 rings (SSSR count). The van der Waals surface area contributed by atoms with Crippen molar-refractivity contribution in [2.24, 2.45) is 0 Å². The van der Waals surface area contributed by atoms with Gasteiger partial charge in [0.25, 0.3) is 0 Å². The number of nitrogens with one attached hydrogen (secondary N) is 1. The zero-order valence-electron chi connectivity index (χ0n) is 11.8. The molecule has 0 bridgehead atoms. The van der Waals surface area contributed by atoms with Crippen LogP contribution in [-0.2, 0) is 0 Å². The Balaban J connectivity index is 2.18. The molecule has 2 aromatic rings. The van der Waals surface area contributed by atoms with E-state index < -0.39 is 0 Å². The first-order valence-corrected chi connectivity index (χ1v) is 6.50. The molecule has 4 nitrogen and oxygen atoms in total. The number of nitrogens with zero attached hydrogens (tertiary/aromatic N) is 2. The molecule has 0 aliphatic rings. The lowest BCUT2D eigenvalue weighted by Crippen LogP contribution is -2.06. The second-order valence-electron chi connectivity index (χ2n) is 4.79. The number of aromatic nitrogens is 1. The number of aryl methyl sites for hydroxylation is 1. The number of hydrogen-bond donors (Lipinski definition) is 1. The molecule has 1 heterocycles. The third kappa shape index (κ3) is 3.48. The predicted molar refractivity (Wildman–Crippen MR) is 79.2 cm³/mol. The highest BCUT2D eigenvalue weighted by Crippen LogP contribution is 2.24. The second kappa shape index (κ2) is 6.07. The van der Waals surface area contributed by atoms with Gasteiger partial charge < -0.3 is 10.1 Å². The fourth-order valence-electron chi connectivity index (χ4n) is 1.83. The van der Waals surface area contributed by atoms with Crippen LogP contribution in [0.2, 0.25) is 0 Å². The van der Waals surface area contributed by atoms with Gasteiger partial charge in [0, 0.05) is 5.69 Å². The fourth-order valence-corrected chi connectivity index (χ4v) is 1.83. The number of anilines is 2. The van der Waals surface area contributed by atoms with Gasteiger partial charge in [0.05, 0.1) is 6.10 Å². The largest absolute Gasteiger partial charge is 0.491 e. The Morgan fingerprint density at radius 3 is 2.70 bits per heavy atom. The molecular formula is C16H17N3O. The van der Waals surface area contributed by atoms with Gasteiger partial charge in [-0.2, -0.15) is 5.26 Å². The minimum absolute atomic E-state index is 0.154. The normalized spacial score (nSPS) is 10.2. The van der Waals surface area contributed by atoms with Gasteiger partial charge >= 0.3 is 0 Å². The summed E-state index contributed by atoms with van der Waals surface area (Å²) < 4.78 is 5.70. The van der Waals surface area contributed by atoms with Crippen molar-refractivity contribution in [1.82, 2.24) is 4.98 Å². The van der Waals surface area contributed by atoms with Gasteiger partial charge in [-0.15, -0.1) is 0 Å². The molecule has 0 saturated carbocycles. The van der Waals surface area contributed by atoms with Crippen LogP contribution in [0.15, 0.2) is 36.4 Å². The summed E-state index contributed by atoms with van der Waals surface area (Å²) in [6.07, 6.45) is 0.154. The Labute approximate surface area is 119 Å². The number of ether oxygens (including phenoxy) is 1. The summed E-state index contributed by atoms with van der Waals surface area (Å²) in [7, 11) is 0. The first-order valence-electron chi connectivity index (χ1n) is 6.50. The monoisotopic (exact) mass is 267 g/mol. The molecular weight excluding hydrogens is 250 g/mol. The van der Waals surface area contributed by atoms with Gasteiger partial charge in [-0.1, -0.05) is 6.07 Å². The molecule has 0 atom stereocenters. The molecule has 0 aliphatic heterocycles. The van der Waals surface area contributed by atoms with Crippen molar-refractivity contribution in [2.75, 3.05) is 5.32 Å². The Morgan fingerprint density at radius 2 is 2.05 bits per heavy atom. The lowest BCUT2D eigenvalue weighted by atomic mass is 10.2. The van der Waals surface area contributed by atoms with Crippen LogP contribution in [0, 0.1) is 18.3 Å². The molecule has 4 heteroatoms. The molecule has 20 heavy (non-hydrogen) atoms. The van der Waals surface area contributed by atoms with Gasteiger partial charge in [0.1, 0.15) is 23.3 Å². The van der Waals surface area contributed by atoms with E-state index in [1.165, 1.54) is 0 Å². The second-order valence-corrected chi connectivity index (χ2v) is 4.79. The number of benzene rings is 1. The van der Waals surface area contributed by atoms with E-state index in [-0.39, 0.29) is 6.10 Å². The Kier molecular flexibility index (Phi) is 4.21. The van der Waals surface area contributed by atoms with E-state index in [4.69, 9.17) is 10.00 Å². The SMILES string of the molecule is Cc1cc(Nc2cccc(C#N)n2)ccc1OC(C)C. The summed E-state index contributed by atoms with van der Waals surface area (Å²) in [5.74, 6) is 1.53. The number of pyridine rings is 1. The summed E-state index contributed by atoms with van der Waals surface area (Å²) in [5.41, 5.74) is 2.37. The summed E-state index contributed by atoms with van der Waals surface area (Å²) in [4.78, 5) is 4.18. The average molecular weight is 267 g/mol. The Morgan fingerprint density at radius 1 is 1.25 bits per heavy atom. The lowest BCUT2D eigenvalue weighted by Gasteiger charge is -2.14. The minimum Gasteiger partial charge on any atom is -0.491 e. The van der Waals surface area contributed by atoms with Crippen molar-refractivity contribution in [3.05, 3.63) is 47.7 Å². The van der Waals surface area contributed by atoms with Crippen LogP contribution in [0.25, 0.3) is 0 Å². The molecule has 0 amide bonds. The third-order valence-corrected chi connectivity index (χ3v) is 2.67.